The first-order valence-corrected chi connectivity index (χ1v) is 14.9. The van der Waals surface area contributed by atoms with Crippen molar-refractivity contribution in [1.29, 1.82) is 0 Å². The van der Waals surface area contributed by atoms with Crippen LogP contribution in [0.4, 0.5) is 11.4 Å². The van der Waals surface area contributed by atoms with Gasteiger partial charge in [-0.05, 0) is 87.2 Å². The lowest BCUT2D eigenvalue weighted by atomic mass is 10.1. The molecule has 9 nitrogen and oxygen atoms in total. The molecule has 0 aliphatic carbocycles. The van der Waals surface area contributed by atoms with Crippen molar-refractivity contribution < 1.29 is 32.6 Å². The van der Waals surface area contributed by atoms with E-state index in [-0.39, 0.29) is 33.7 Å². The van der Waals surface area contributed by atoms with E-state index in [9.17, 15) is 27.9 Å². The van der Waals surface area contributed by atoms with Gasteiger partial charge in [-0.15, -0.1) is 11.8 Å². The third kappa shape index (κ3) is 7.39. The Hall–Kier alpha value is -3.83. The van der Waals surface area contributed by atoms with Crippen molar-refractivity contribution >= 4 is 50.8 Å². The van der Waals surface area contributed by atoms with Crippen molar-refractivity contribution in [3.05, 3.63) is 77.9 Å². The number of ether oxygens (including phenoxy) is 1. The minimum absolute atomic E-state index is 0.0318. The lowest BCUT2D eigenvalue weighted by molar-refractivity contribution is -0.115. The maximum absolute atomic E-state index is 12.9. The number of sulfone groups is 1. The van der Waals surface area contributed by atoms with Gasteiger partial charge in [-0.2, -0.15) is 0 Å². The van der Waals surface area contributed by atoms with Gasteiger partial charge < -0.3 is 20.5 Å². The van der Waals surface area contributed by atoms with Crippen LogP contribution in [-0.4, -0.2) is 48.9 Å². The summed E-state index contributed by atoms with van der Waals surface area (Å²) < 4.78 is 31.0. The highest BCUT2D eigenvalue weighted by Crippen LogP contribution is 2.28. The number of anilines is 2. The molecule has 2 amide bonds. The summed E-state index contributed by atoms with van der Waals surface area (Å²) in [6.07, 6.45) is 2.34. The molecule has 39 heavy (non-hydrogen) atoms. The van der Waals surface area contributed by atoms with Crippen LogP contribution in [0.3, 0.4) is 0 Å². The molecule has 0 aliphatic heterocycles. The van der Waals surface area contributed by atoms with Crippen molar-refractivity contribution in [3.8, 4) is 5.75 Å². The molecule has 0 aliphatic rings. The van der Waals surface area contributed by atoms with Crippen LogP contribution in [0.2, 0.25) is 0 Å². The molecule has 0 saturated carbocycles. The van der Waals surface area contributed by atoms with Gasteiger partial charge in [-0.3, -0.25) is 9.59 Å². The molecule has 0 bridgehead atoms. The van der Waals surface area contributed by atoms with Gasteiger partial charge in [-0.1, -0.05) is 6.92 Å². The fourth-order valence-corrected chi connectivity index (χ4v) is 5.03. The van der Waals surface area contributed by atoms with Crippen LogP contribution in [-0.2, 0) is 19.4 Å². The van der Waals surface area contributed by atoms with Crippen LogP contribution < -0.4 is 10.6 Å². The average molecular weight is 571 g/mol. The zero-order valence-electron chi connectivity index (χ0n) is 21.9. The van der Waals surface area contributed by atoms with E-state index in [1.165, 1.54) is 73.3 Å². The fourth-order valence-electron chi connectivity index (χ4n) is 3.36. The molecule has 0 spiro atoms. The van der Waals surface area contributed by atoms with Crippen LogP contribution in [0.5, 0.6) is 5.75 Å². The molecular formula is C28H30N2O7S2. The van der Waals surface area contributed by atoms with E-state index in [0.29, 0.717) is 12.0 Å². The lowest BCUT2D eigenvalue weighted by Gasteiger charge is -2.15. The van der Waals surface area contributed by atoms with Gasteiger partial charge in [0, 0.05) is 22.2 Å². The molecular weight excluding hydrogens is 540 g/mol. The monoisotopic (exact) mass is 570 g/mol. The number of aromatic hydroxyl groups is 1. The van der Waals surface area contributed by atoms with Crippen molar-refractivity contribution in [3.63, 3.8) is 0 Å². The molecule has 3 aromatic rings. The third-order valence-corrected chi connectivity index (χ3v) is 8.82. The van der Waals surface area contributed by atoms with Crippen LogP contribution in [0.25, 0.3) is 0 Å². The van der Waals surface area contributed by atoms with E-state index >= 15 is 0 Å². The number of hydrogen-bond donors (Lipinski definition) is 3. The Kier molecular flexibility index (Phi) is 9.76. The lowest BCUT2D eigenvalue weighted by Crippen LogP contribution is -2.32. The minimum Gasteiger partial charge on any atom is -0.506 e. The summed E-state index contributed by atoms with van der Waals surface area (Å²) in [5.41, 5.74) is 0.784. The molecule has 2 unspecified atom stereocenters. The molecule has 0 heterocycles. The maximum Gasteiger partial charge on any atom is 0.338 e. The highest BCUT2D eigenvalue weighted by molar-refractivity contribution is 7.98. The number of phenolic OH excluding ortho intramolecular Hbond substituents is 1. The predicted molar refractivity (Wildman–Crippen MR) is 151 cm³/mol. The summed E-state index contributed by atoms with van der Waals surface area (Å²) in [5.74, 6) is -2.12. The number of carbonyl (C=O) groups is 3. The summed E-state index contributed by atoms with van der Waals surface area (Å²) in [7, 11) is -3.93. The number of phenols is 1. The Bertz CT molecular complexity index is 1450. The number of amides is 2. The van der Waals surface area contributed by atoms with Crippen LogP contribution in [0, 0.1) is 0 Å². The second-order valence-corrected chi connectivity index (χ2v) is 11.9. The van der Waals surface area contributed by atoms with Crippen molar-refractivity contribution in [2.75, 3.05) is 16.9 Å². The Balaban J connectivity index is 1.64. The van der Waals surface area contributed by atoms with Gasteiger partial charge in [-0.25, -0.2) is 13.2 Å². The zero-order chi connectivity index (χ0) is 28.7. The van der Waals surface area contributed by atoms with Crippen molar-refractivity contribution in [2.45, 2.75) is 48.3 Å². The normalized spacial score (nSPS) is 12.7. The molecule has 0 aromatic heterocycles. The Morgan fingerprint density at radius 2 is 1.54 bits per heavy atom. The molecule has 3 aromatic carbocycles. The summed E-state index contributed by atoms with van der Waals surface area (Å²) >= 11 is 1.47. The second kappa shape index (κ2) is 12.8. The molecule has 0 radical (unpaired) electrons. The number of nitrogens with one attached hydrogen (secondary N) is 2. The highest BCUT2D eigenvalue weighted by Gasteiger charge is 2.30. The Morgan fingerprint density at radius 3 is 2.10 bits per heavy atom. The minimum atomic E-state index is -3.93. The largest absolute Gasteiger partial charge is 0.506 e. The van der Waals surface area contributed by atoms with E-state index in [1.54, 1.807) is 19.1 Å². The van der Waals surface area contributed by atoms with Crippen LogP contribution >= 0.6 is 11.8 Å². The van der Waals surface area contributed by atoms with E-state index in [1.807, 2.05) is 13.2 Å². The molecule has 11 heteroatoms. The molecule has 0 fully saturated rings. The van der Waals surface area contributed by atoms with Gasteiger partial charge in [0.15, 0.2) is 9.84 Å². The number of rotatable bonds is 10. The summed E-state index contributed by atoms with van der Waals surface area (Å²) in [4.78, 5) is 38.4. The number of hydrogen-bond acceptors (Lipinski definition) is 8. The van der Waals surface area contributed by atoms with E-state index in [4.69, 9.17) is 4.74 Å². The van der Waals surface area contributed by atoms with Crippen molar-refractivity contribution in [2.24, 2.45) is 0 Å². The van der Waals surface area contributed by atoms with Crippen LogP contribution in [0.1, 0.15) is 47.9 Å². The first-order valence-electron chi connectivity index (χ1n) is 12.1. The first kappa shape index (κ1) is 29.7. The second-order valence-electron chi connectivity index (χ2n) is 8.74. The average Bonchev–Trinajstić information content (AvgIpc) is 2.93. The highest BCUT2D eigenvalue weighted by atomic mass is 32.2. The van der Waals surface area contributed by atoms with Gasteiger partial charge in [0.1, 0.15) is 11.0 Å². The number of thioether (sulfide) groups is 1. The fraction of sp³-hybridized carbons (Fsp3) is 0.250. The van der Waals surface area contributed by atoms with Gasteiger partial charge in [0.2, 0.25) is 5.91 Å². The van der Waals surface area contributed by atoms with Gasteiger partial charge in [0.25, 0.3) is 5.91 Å². The first-order chi connectivity index (χ1) is 18.5. The quantitative estimate of drug-likeness (QED) is 0.173. The SMILES string of the molecule is CCC(C)OC(=O)c1ccc(C(=O)Nc2ccc(NC(=O)C(C)S(=O)(=O)c3ccc(SC)cc3)cc2O)cc1. The number of benzene rings is 3. The van der Waals surface area contributed by atoms with Crippen molar-refractivity contribution in [1.82, 2.24) is 0 Å². The Morgan fingerprint density at radius 1 is 0.923 bits per heavy atom. The predicted octanol–water partition coefficient (Wildman–Crippen LogP) is 5.12. The topological polar surface area (TPSA) is 139 Å². The van der Waals surface area contributed by atoms with Gasteiger partial charge in [0.05, 0.1) is 22.3 Å². The maximum atomic E-state index is 12.9. The smallest absolute Gasteiger partial charge is 0.338 e. The van der Waals surface area contributed by atoms with E-state index in [2.05, 4.69) is 10.6 Å². The zero-order valence-corrected chi connectivity index (χ0v) is 23.6. The molecule has 3 N–H and O–H groups in total. The number of esters is 1. The summed E-state index contributed by atoms with van der Waals surface area (Å²) in [6.45, 7) is 4.98. The molecule has 2 atom stereocenters. The van der Waals surface area contributed by atoms with Gasteiger partial charge >= 0.3 is 5.97 Å². The molecule has 206 valence electrons. The standard InChI is InChI=1S/C28H30N2O7S2/c1-5-17(2)37-28(34)20-8-6-19(7-9-20)27(33)30-24-15-10-21(16-25(24)31)29-26(32)18(3)39(35,36)23-13-11-22(38-4)12-14-23/h6-18,31H,5H2,1-4H3,(H,29,32)(H,30,33). The van der Waals surface area contributed by atoms with E-state index in [0.717, 1.165) is 4.90 Å². The molecule has 0 saturated heterocycles. The Labute approximate surface area is 231 Å². The third-order valence-electron chi connectivity index (χ3n) is 6.00. The number of carbonyl (C=O) groups excluding carboxylic acids is 3. The summed E-state index contributed by atoms with van der Waals surface area (Å²) in [5, 5.41) is 14.1. The summed E-state index contributed by atoms with van der Waals surface area (Å²) in [6, 6.07) is 16.1. The molecule has 3 rings (SSSR count). The van der Waals surface area contributed by atoms with Crippen LogP contribution in [0.15, 0.2) is 76.5 Å². The van der Waals surface area contributed by atoms with E-state index < -0.39 is 32.9 Å².